The van der Waals surface area contributed by atoms with Gasteiger partial charge < -0.3 is 20.9 Å². The average Bonchev–Trinajstić information content (AvgIpc) is 3.06. The van der Waals surface area contributed by atoms with Crippen LogP contribution in [-0.4, -0.2) is 58.1 Å². The second-order valence-electron chi connectivity index (χ2n) is 10.0. The van der Waals surface area contributed by atoms with Crippen molar-refractivity contribution in [2.24, 2.45) is 0 Å². The molecule has 0 radical (unpaired) electrons. The number of fused-ring (bicyclic) bond motifs is 2. The zero-order valence-electron chi connectivity index (χ0n) is 22.2. The Morgan fingerprint density at radius 3 is 2.46 bits per heavy atom. The van der Waals surface area contributed by atoms with Crippen LogP contribution in [0.4, 0.5) is 28.4 Å². The smallest absolute Gasteiger partial charge is 0.257 e. The highest BCUT2D eigenvalue weighted by Gasteiger charge is 2.22. The number of carbonyl (C=O) groups excluding carboxylic acids is 2. The number of anilines is 5. The van der Waals surface area contributed by atoms with Gasteiger partial charge >= 0.3 is 0 Å². The summed E-state index contributed by atoms with van der Waals surface area (Å²) >= 11 is 0. The Balaban J connectivity index is 1.39. The summed E-state index contributed by atoms with van der Waals surface area (Å²) in [5.41, 5.74) is 4.92. The fraction of sp³-hybridized carbons (Fsp3) is 0.310. The number of rotatable bonds is 7. The van der Waals surface area contributed by atoms with Gasteiger partial charge in [-0.2, -0.15) is 0 Å². The summed E-state index contributed by atoms with van der Waals surface area (Å²) in [5.74, 6) is -0.310. The summed E-state index contributed by atoms with van der Waals surface area (Å²) in [4.78, 5) is 28.0. The Morgan fingerprint density at radius 1 is 0.923 bits per heavy atom. The van der Waals surface area contributed by atoms with Crippen molar-refractivity contribution in [2.75, 3.05) is 53.2 Å². The van der Waals surface area contributed by atoms with Crippen LogP contribution < -0.4 is 20.3 Å². The minimum Gasteiger partial charge on any atom is -0.353 e. The van der Waals surface area contributed by atoms with E-state index in [9.17, 15) is 18.0 Å². The molecule has 204 valence electrons. The van der Waals surface area contributed by atoms with Crippen LogP contribution in [0.5, 0.6) is 0 Å². The molecule has 0 aromatic heterocycles. The zero-order valence-corrected chi connectivity index (χ0v) is 23.0. The molecular weight excluding hydrogens is 514 g/mol. The van der Waals surface area contributed by atoms with Gasteiger partial charge in [-0.25, -0.2) is 8.42 Å². The molecule has 3 aromatic carbocycles. The molecule has 9 nitrogen and oxygen atoms in total. The number of nitrogens with zero attached hydrogens (tertiary/aromatic N) is 2. The van der Waals surface area contributed by atoms with Crippen LogP contribution in [0.15, 0.2) is 60.7 Å². The Morgan fingerprint density at radius 2 is 1.69 bits per heavy atom. The lowest BCUT2D eigenvalue weighted by molar-refractivity contribution is -0.116. The Labute approximate surface area is 229 Å². The highest BCUT2D eigenvalue weighted by atomic mass is 32.2. The van der Waals surface area contributed by atoms with Crippen LogP contribution >= 0.6 is 0 Å². The van der Waals surface area contributed by atoms with Crippen molar-refractivity contribution < 1.29 is 18.0 Å². The lowest BCUT2D eigenvalue weighted by Crippen LogP contribution is -2.32. The van der Waals surface area contributed by atoms with E-state index in [1.54, 1.807) is 36.4 Å². The molecule has 0 bridgehead atoms. The molecule has 10 heteroatoms. The normalized spacial score (nSPS) is 15.3. The van der Waals surface area contributed by atoms with Crippen molar-refractivity contribution in [3.8, 4) is 11.1 Å². The summed E-state index contributed by atoms with van der Waals surface area (Å²) in [6.07, 6.45) is 5.22. The van der Waals surface area contributed by atoms with E-state index < -0.39 is 10.0 Å². The molecule has 39 heavy (non-hydrogen) atoms. The lowest BCUT2D eigenvalue weighted by Gasteiger charge is -2.25. The number of nitrogens with one attached hydrogen (secondary N) is 3. The van der Waals surface area contributed by atoms with Gasteiger partial charge in [0.05, 0.1) is 34.6 Å². The first kappa shape index (κ1) is 26.7. The fourth-order valence-corrected chi connectivity index (χ4v) is 5.54. The van der Waals surface area contributed by atoms with Crippen molar-refractivity contribution in [1.82, 2.24) is 4.90 Å². The van der Waals surface area contributed by atoms with Crippen molar-refractivity contribution in [2.45, 2.75) is 25.7 Å². The number of para-hydroxylation sites is 1. The molecule has 1 saturated heterocycles. The number of sulfonamides is 1. The van der Waals surface area contributed by atoms with E-state index in [2.05, 4.69) is 20.9 Å². The maximum absolute atomic E-state index is 13.0. The first-order valence-electron chi connectivity index (χ1n) is 13.1. The van der Waals surface area contributed by atoms with E-state index in [4.69, 9.17) is 0 Å². The molecule has 0 unspecified atom stereocenters. The second kappa shape index (κ2) is 11.1. The van der Waals surface area contributed by atoms with E-state index >= 15 is 0 Å². The molecule has 2 heterocycles. The third-order valence-electron chi connectivity index (χ3n) is 7.24. The lowest BCUT2D eigenvalue weighted by atomic mass is 10.0. The molecule has 3 N–H and O–H groups in total. The van der Waals surface area contributed by atoms with Crippen molar-refractivity contribution in [3.05, 3.63) is 66.2 Å². The summed E-state index contributed by atoms with van der Waals surface area (Å²) in [5, 5.41) is 9.25. The molecule has 2 aliphatic rings. The van der Waals surface area contributed by atoms with E-state index in [1.165, 1.54) is 30.6 Å². The monoisotopic (exact) mass is 547 g/mol. The summed E-state index contributed by atoms with van der Waals surface area (Å²) in [6, 6.07) is 17.9. The Bertz CT molecular complexity index is 1520. The fourth-order valence-electron chi connectivity index (χ4n) is 5.02. The summed E-state index contributed by atoms with van der Waals surface area (Å²) in [7, 11) is -1.95. The minimum absolute atomic E-state index is 0.0486. The highest BCUT2D eigenvalue weighted by molar-refractivity contribution is 7.92. The van der Waals surface area contributed by atoms with Gasteiger partial charge in [0, 0.05) is 31.3 Å². The minimum atomic E-state index is -3.47. The van der Waals surface area contributed by atoms with E-state index in [0.29, 0.717) is 40.4 Å². The molecular formula is C29H33N5O4S. The van der Waals surface area contributed by atoms with Crippen LogP contribution in [0.3, 0.4) is 0 Å². The molecule has 2 aliphatic heterocycles. The number of carbonyl (C=O) groups is 2. The number of hydrogen-bond acceptors (Lipinski definition) is 6. The third-order valence-corrected chi connectivity index (χ3v) is 8.43. The molecule has 0 atom stereocenters. The predicted octanol–water partition coefficient (Wildman–Crippen LogP) is 4.87. The van der Waals surface area contributed by atoms with E-state index in [1.807, 2.05) is 24.3 Å². The van der Waals surface area contributed by atoms with Crippen molar-refractivity contribution in [1.29, 1.82) is 0 Å². The van der Waals surface area contributed by atoms with Gasteiger partial charge in [0.1, 0.15) is 0 Å². The molecule has 2 amide bonds. The van der Waals surface area contributed by atoms with Gasteiger partial charge in [-0.05, 0) is 67.9 Å². The van der Waals surface area contributed by atoms with Gasteiger partial charge in [-0.1, -0.05) is 30.7 Å². The summed E-state index contributed by atoms with van der Waals surface area (Å²) < 4.78 is 25.7. The van der Waals surface area contributed by atoms with Gasteiger partial charge in [0.25, 0.3) is 5.91 Å². The maximum atomic E-state index is 13.0. The van der Waals surface area contributed by atoms with Crippen LogP contribution in [0, 0.1) is 0 Å². The first-order valence-corrected chi connectivity index (χ1v) is 15.0. The number of piperidine rings is 1. The molecule has 0 spiro atoms. The Kier molecular flexibility index (Phi) is 7.58. The average molecular weight is 548 g/mol. The molecule has 0 saturated carbocycles. The van der Waals surface area contributed by atoms with E-state index in [0.717, 1.165) is 37.0 Å². The molecule has 3 aromatic rings. The van der Waals surface area contributed by atoms with Gasteiger partial charge in [0.2, 0.25) is 15.9 Å². The van der Waals surface area contributed by atoms with Gasteiger partial charge in [-0.3, -0.25) is 13.9 Å². The maximum Gasteiger partial charge on any atom is 0.257 e. The summed E-state index contributed by atoms with van der Waals surface area (Å²) in [6.45, 7) is 2.84. The van der Waals surface area contributed by atoms with E-state index in [-0.39, 0.29) is 11.8 Å². The van der Waals surface area contributed by atoms with Crippen molar-refractivity contribution >= 4 is 50.3 Å². The molecule has 1 fully saturated rings. The molecule has 0 aliphatic carbocycles. The quantitative estimate of drug-likeness (QED) is 0.389. The van der Waals surface area contributed by atoms with Crippen molar-refractivity contribution in [3.63, 3.8) is 0 Å². The number of hydrogen-bond donors (Lipinski definition) is 3. The SMILES string of the molecule is CN(c1ccccc1-c1ccc2c(c1)Nc1cc(NC(=O)CCN3CCCCC3)ccc1NC2=O)S(C)(=O)=O. The van der Waals surface area contributed by atoms with Gasteiger partial charge in [-0.15, -0.1) is 0 Å². The zero-order chi connectivity index (χ0) is 27.6. The predicted molar refractivity (Wildman–Crippen MR) is 156 cm³/mol. The van der Waals surface area contributed by atoms with Crippen LogP contribution in [0.25, 0.3) is 11.1 Å². The number of benzene rings is 3. The topological polar surface area (TPSA) is 111 Å². The van der Waals surface area contributed by atoms with Gasteiger partial charge in [0.15, 0.2) is 0 Å². The second-order valence-corrected chi connectivity index (χ2v) is 12.1. The van der Waals surface area contributed by atoms with Crippen LogP contribution in [0.1, 0.15) is 36.0 Å². The van der Waals surface area contributed by atoms with Crippen LogP contribution in [-0.2, 0) is 14.8 Å². The third kappa shape index (κ3) is 6.07. The first-order chi connectivity index (χ1) is 18.7. The van der Waals surface area contributed by atoms with Crippen LogP contribution in [0.2, 0.25) is 0 Å². The molecule has 5 rings (SSSR count). The highest BCUT2D eigenvalue weighted by Crippen LogP contribution is 2.38. The number of likely N-dealkylation sites (tertiary alicyclic amines) is 1. The largest absolute Gasteiger partial charge is 0.353 e. The Hall–Kier alpha value is -3.89. The number of amides is 2. The standard InChI is InChI=1S/C29H33N5O4S/c1-33(39(2,37)38)27-9-5-4-8-22(27)20-10-12-23-25(18-20)31-26-19-21(11-13-24(26)32-29(23)36)30-28(35)14-17-34-15-6-3-7-16-34/h4-5,8-13,18-19,31H,3,6-7,14-17H2,1-2H3,(H,30,35)(H,32,36).